The third-order valence-electron chi connectivity index (χ3n) is 6.76. The molecule has 2 amide bonds. The number of alkyl carbamates (subject to hydrolysis) is 1. The van der Waals surface area contributed by atoms with Gasteiger partial charge in [-0.05, 0) is 41.5 Å². The zero-order valence-corrected chi connectivity index (χ0v) is 18.8. The molecule has 2 aromatic rings. The monoisotopic (exact) mass is 450 g/mol. The van der Waals surface area contributed by atoms with Gasteiger partial charge in [0.05, 0.1) is 12.3 Å². The number of fused-ring (bicyclic) bond motifs is 3. The number of carboxylic acid groups (broad SMARTS) is 1. The van der Waals surface area contributed by atoms with E-state index in [4.69, 9.17) is 9.84 Å². The number of benzene rings is 2. The molecule has 7 nitrogen and oxygen atoms in total. The van der Waals surface area contributed by atoms with Crippen molar-refractivity contribution in [3.05, 3.63) is 59.7 Å². The fraction of sp³-hybridized carbons (Fsp3) is 0.423. The van der Waals surface area contributed by atoms with Gasteiger partial charge < -0.3 is 20.5 Å². The summed E-state index contributed by atoms with van der Waals surface area (Å²) >= 11 is 0. The van der Waals surface area contributed by atoms with Crippen LogP contribution in [-0.4, -0.2) is 41.8 Å². The third kappa shape index (κ3) is 5.02. The molecule has 33 heavy (non-hydrogen) atoms. The van der Waals surface area contributed by atoms with E-state index in [1.807, 2.05) is 31.2 Å². The van der Waals surface area contributed by atoms with Crippen molar-refractivity contribution in [2.75, 3.05) is 6.61 Å². The zero-order valence-electron chi connectivity index (χ0n) is 18.8. The molecule has 1 unspecified atom stereocenters. The first kappa shape index (κ1) is 22.8. The molecule has 174 valence electrons. The molecule has 4 rings (SSSR count). The van der Waals surface area contributed by atoms with Gasteiger partial charge in [-0.2, -0.15) is 0 Å². The Labute approximate surface area is 193 Å². The van der Waals surface area contributed by atoms with Crippen molar-refractivity contribution >= 4 is 18.0 Å². The Bertz CT molecular complexity index is 991. The number of ether oxygens (including phenoxy) is 1. The second-order valence-electron chi connectivity index (χ2n) is 8.83. The Morgan fingerprint density at radius 2 is 1.67 bits per heavy atom. The molecule has 1 saturated carbocycles. The summed E-state index contributed by atoms with van der Waals surface area (Å²) in [5.41, 5.74) is 4.63. The van der Waals surface area contributed by atoms with Crippen molar-refractivity contribution in [1.82, 2.24) is 10.6 Å². The molecule has 2 aliphatic rings. The Kier molecular flexibility index (Phi) is 6.96. The minimum Gasteiger partial charge on any atom is -0.481 e. The summed E-state index contributed by atoms with van der Waals surface area (Å²) in [6, 6.07) is 15.6. The third-order valence-corrected chi connectivity index (χ3v) is 6.76. The number of nitrogens with one attached hydrogen (secondary N) is 2. The summed E-state index contributed by atoms with van der Waals surface area (Å²) in [5, 5.41) is 14.7. The van der Waals surface area contributed by atoms with Crippen LogP contribution in [0.15, 0.2) is 48.5 Å². The Hall–Kier alpha value is -3.35. The predicted octanol–water partition coefficient (Wildman–Crippen LogP) is 4.06. The molecule has 2 aromatic carbocycles. The highest BCUT2D eigenvalue weighted by Gasteiger charge is 2.36. The Morgan fingerprint density at radius 1 is 1.03 bits per heavy atom. The van der Waals surface area contributed by atoms with E-state index >= 15 is 0 Å². The van der Waals surface area contributed by atoms with Gasteiger partial charge in [0.25, 0.3) is 0 Å². The van der Waals surface area contributed by atoms with Gasteiger partial charge >= 0.3 is 12.1 Å². The number of carbonyl (C=O) groups excluding carboxylic acids is 2. The molecular formula is C26H30N2O5. The smallest absolute Gasteiger partial charge is 0.407 e. The second-order valence-corrected chi connectivity index (χ2v) is 8.83. The molecule has 2 aliphatic carbocycles. The Morgan fingerprint density at radius 3 is 2.27 bits per heavy atom. The molecule has 3 atom stereocenters. The van der Waals surface area contributed by atoms with Gasteiger partial charge in [-0.15, -0.1) is 0 Å². The summed E-state index contributed by atoms with van der Waals surface area (Å²) in [5.74, 6) is -1.55. The van der Waals surface area contributed by atoms with Gasteiger partial charge in [0.15, 0.2) is 0 Å². The normalized spacial score (nSPS) is 19.9. The van der Waals surface area contributed by atoms with E-state index in [9.17, 15) is 14.4 Å². The summed E-state index contributed by atoms with van der Waals surface area (Å²) in [6.07, 6.45) is 2.07. The maximum Gasteiger partial charge on any atom is 0.407 e. The van der Waals surface area contributed by atoms with Crippen LogP contribution in [-0.2, 0) is 14.3 Å². The molecule has 7 heteroatoms. The number of hydrogen-bond donors (Lipinski definition) is 3. The average Bonchev–Trinajstić information content (AvgIpc) is 3.39. The topological polar surface area (TPSA) is 105 Å². The number of rotatable bonds is 8. The highest BCUT2D eigenvalue weighted by Crippen LogP contribution is 2.44. The van der Waals surface area contributed by atoms with Gasteiger partial charge in [0.2, 0.25) is 5.91 Å². The maximum absolute atomic E-state index is 12.7. The quantitative estimate of drug-likeness (QED) is 0.563. The van der Waals surface area contributed by atoms with Gasteiger partial charge in [0.1, 0.15) is 6.61 Å². The zero-order chi connectivity index (χ0) is 23.4. The van der Waals surface area contributed by atoms with Crippen molar-refractivity contribution in [3.63, 3.8) is 0 Å². The molecule has 3 N–H and O–H groups in total. The lowest BCUT2D eigenvalue weighted by Crippen LogP contribution is -2.47. The first-order valence-electron chi connectivity index (χ1n) is 11.6. The predicted molar refractivity (Wildman–Crippen MR) is 124 cm³/mol. The fourth-order valence-corrected chi connectivity index (χ4v) is 5.05. The summed E-state index contributed by atoms with van der Waals surface area (Å²) in [7, 11) is 0. The molecule has 0 bridgehead atoms. The van der Waals surface area contributed by atoms with Crippen LogP contribution < -0.4 is 10.6 Å². The minimum atomic E-state index is -0.943. The lowest BCUT2D eigenvalue weighted by atomic mass is 9.98. The molecule has 0 heterocycles. The van der Waals surface area contributed by atoms with Crippen molar-refractivity contribution in [1.29, 1.82) is 0 Å². The van der Waals surface area contributed by atoms with Gasteiger partial charge in [-0.3, -0.25) is 9.59 Å². The molecule has 0 saturated heterocycles. The van der Waals surface area contributed by atoms with Crippen LogP contribution in [0.25, 0.3) is 11.1 Å². The van der Waals surface area contributed by atoms with Crippen molar-refractivity contribution in [3.8, 4) is 11.1 Å². The van der Waals surface area contributed by atoms with E-state index in [2.05, 4.69) is 34.9 Å². The maximum atomic E-state index is 12.7. The van der Waals surface area contributed by atoms with Crippen LogP contribution in [0, 0.1) is 5.92 Å². The van der Waals surface area contributed by atoms with Crippen LogP contribution in [0.2, 0.25) is 0 Å². The largest absolute Gasteiger partial charge is 0.481 e. The first-order chi connectivity index (χ1) is 16.0. The van der Waals surface area contributed by atoms with Crippen molar-refractivity contribution in [2.24, 2.45) is 5.92 Å². The van der Waals surface area contributed by atoms with Gasteiger partial charge in [-0.25, -0.2) is 4.79 Å². The summed E-state index contributed by atoms with van der Waals surface area (Å²) < 4.78 is 5.63. The highest BCUT2D eigenvalue weighted by atomic mass is 16.5. The van der Waals surface area contributed by atoms with Crippen molar-refractivity contribution < 1.29 is 24.2 Å². The lowest BCUT2D eigenvalue weighted by molar-refractivity contribution is -0.137. The molecule has 1 fully saturated rings. The number of carboxylic acids is 1. The number of carbonyl (C=O) groups is 3. The van der Waals surface area contributed by atoms with Gasteiger partial charge in [0, 0.05) is 18.0 Å². The molecular weight excluding hydrogens is 420 g/mol. The standard InChI is InChI=1S/C26H30N2O5/c1-2-16(14-24(29)30)27-25(31)21-12-7-13-23(21)28-26(32)33-15-22-19-10-5-3-8-17(19)18-9-4-6-11-20(18)22/h3-6,8-11,16,21-23H,2,7,12-15H2,1H3,(H,27,31)(H,28,32)(H,29,30)/t16?,21-,23+/m0/s1. The van der Waals surface area contributed by atoms with E-state index < -0.39 is 18.1 Å². The molecule has 0 aliphatic heterocycles. The Balaban J connectivity index is 1.35. The number of aliphatic carboxylic acids is 1. The fourth-order valence-electron chi connectivity index (χ4n) is 5.05. The number of amides is 2. The van der Waals surface area contributed by atoms with Crippen molar-refractivity contribution in [2.45, 2.75) is 57.0 Å². The van der Waals surface area contributed by atoms with E-state index in [1.54, 1.807) is 0 Å². The lowest BCUT2D eigenvalue weighted by Gasteiger charge is -2.23. The van der Waals surface area contributed by atoms with E-state index in [-0.39, 0.29) is 36.8 Å². The summed E-state index contributed by atoms with van der Waals surface area (Å²) in [4.78, 5) is 36.4. The average molecular weight is 451 g/mol. The van der Waals surface area contributed by atoms with E-state index in [0.29, 0.717) is 19.3 Å². The first-order valence-corrected chi connectivity index (χ1v) is 11.6. The summed E-state index contributed by atoms with van der Waals surface area (Å²) in [6.45, 7) is 2.06. The van der Waals surface area contributed by atoms with Gasteiger partial charge in [-0.1, -0.05) is 61.9 Å². The second kappa shape index (κ2) is 10.1. The van der Waals surface area contributed by atoms with Crippen LogP contribution in [0.3, 0.4) is 0 Å². The van der Waals surface area contributed by atoms with E-state index in [0.717, 1.165) is 17.5 Å². The van der Waals surface area contributed by atoms with Crippen LogP contribution in [0.1, 0.15) is 56.1 Å². The SMILES string of the molecule is CCC(CC(=O)O)NC(=O)[C@H]1CCC[C@H]1NC(=O)OCC1c2ccccc2-c2ccccc21. The molecule has 0 aromatic heterocycles. The van der Waals surface area contributed by atoms with Crippen LogP contribution >= 0.6 is 0 Å². The highest BCUT2D eigenvalue weighted by molar-refractivity contribution is 5.82. The van der Waals surface area contributed by atoms with E-state index in [1.165, 1.54) is 11.1 Å². The number of hydrogen-bond acceptors (Lipinski definition) is 4. The minimum absolute atomic E-state index is 0.0212. The van der Waals surface area contributed by atoms with Crippen LogP contribution in [0.5, 0.6) is 0 Å². The van der Waals surface area contributed by atoms with Crippen LogP contribution in [0.4, 0.5) is 4.79 Å². The molecule has 0 spiro atoms. The molecule has 0 radical (unpaired) electrons.